The molecule has 1 rings (SSSR count). The highest BCUT2D eigenvalue weighted by Crippen LogP contribution is 1.96. The molecule has 64 valence electrons. The fourth-order valence-corrected chi connectivity index (χ4v) is 0.727. The number of carboxylic acids is 1. The first kappa shape index (κ1) is 8.61. The molecule has 0 aliphatic carbocycles. The van der Waals surface area contributed by atoms with Crippen molar-refractivity contribution in [1.82, 2.24) is 9.97 Å². The molecule has 0 spiro atoms. The molecule has 0 aromatic carbocycles. The molecular formula is C7H8N2O3. The Hall–Kier alpha value is -1.49. The summed E-state index contributed by atoms with van der Waals surface area (Å²) in [6.45, 7) is 0.294. The van der Waals surface area contributed by atoms with Gasteiger partial charge in [0.2, 0.25) is 5.82 Å². The standard InChI is InChI=1S/C7H8N2O3/c1-12-4-5-2-3-8-6(9-5)7(10)11/h2-3H,4H2,1H3,(H,10,11). The van der Waals surface area contributed by atoms with Crippen LogP contribution in [0.3, 0.4) is 0 Å². The molecule has 0 aliphatic heterocycles. The number of hydrogen-bond acceptors (Lipinski definition) is 4. The summed E-state index contributed by atoms with van der Waals surface area (Å²) in [5, 5.41) is 8.51. The molecule has 0 saturated carbocycles. The summed E-state index contributed by atoms with van der Waals surface area (Å²) in [5.41, 5.74) is 0.560. The summed E-state index contributed by atoms with van der Waals surface area (Å²) in [7, 11) is 1.52. The maximum Gasteiger partial charge on any atom is 0.373 e. The van der Waals surface area contributed by atoms with E-state index in [9.17, 15) is 4.79 Å². The number of carboxylic acid groups (broad SMARTS) is 1. The summed E-state index contributed by atoms with van der Waals surface area (Å²) >= 11 is 0. The van der Waals surface area contributed by atoms with Crippen LogP contribution in [0.25, 0.3) is 0 Å². The predicted molar refractivity (Wildman–Crippen MR) is 39.7 cm³/mol. The number of methoxy groups -OCH3 is 1. The number of nitrogens with zero attached hydrogens (tertiary/aromatic N) is 2. The molecular weight excluding hydrogens is 160 g/mol. The van der Waals surface area contributed by atoms with Gasteiger partial charge in [-0.15, -0.1) is 0 Å². The second kappa shape index (κ2) is 3.77. The zero-order chi connectivity index (χ0) is 8.97. The lowest BCUT2D eigenvalue weighted by Crippen LogP contribution is -2.06. The fraction of sp³-hybridized carbons (Fsp3) is 0.286. The van der Waals surface area contributed by atoms with Crippen molar-refractivity contribution in [2.24, 2.45) is 0 Å². The minimum absolute atomic E-state index is 0.204. The second-order valence-electron chi connectivity index (χ2n) is 2.11. The van der Waals surface area contributed by atoms with Crippen molar-refractivity contribution in [2.45, 2.75) is 6.61 Å². The Morgan fingerprint density at radius 1 is 1.75 bits per heavy atom. The van der Waals surface area contributed by atoms with Crippen LogP contribution in [0.1, 0.15) is 16.3 Å². The zero-order valence-corrected chi connectivity index (χ0v) is 6.52. The molecule has 5 heteroatoms. The van der Waals surface area contributed by atoms with Gasteiger partial charge in [0.1, 0.15) is 0 Å². The van der Waals surface area contributed by atoms with Crippen LogP contribution in [0.15, 0.2) is 12.3 Å². The van der Waals surface area contributed by atoms with Crippen molar-refractivity contribution >= 4 is 5.97 Å². The van der Waals surface area contributed by atoms with Gasteiger partial charge in [0.05, 0.1) is 12.3 Å². The van der Waals surface area contributed by atoms with Crippen molar-refractivity contribution in [1.29, 1.82) is 0 Å². The van der Waals surface area contributed by atoms with Crippen LogP contribution in [-0.4, -0.2) is 28.2 Å². The average molecular weight is 168 g/mol. The first-order valence-corrected chi connectivity index (χ1v) is 3.28. The second-order valence-corrected chi connectivity index (χ2v) is 2.11. The van der Waals surface area contributed by atoms with Gasteiger partial charge in [-0.3, -0.25) is 0 Å². The van der Waals surface area contributed by atoms with Gasteiger partial charge in [0.25, 0.3) is 0 Å². The van der Waals surface area contributed by atoms with Crippen LogP contribution in [-0.2, 0) is 11.3 Å². The molecule has 1 N–H and O–H groups in total. The van der Waals surface area contributed by atoms with Crippen LogP contribution < -0.4 is 0 Å². The molecule has 12 heavy (non-hydrogen) atoms. The number of rotatable bonds is 3. The lowest BCUT2D eigenvalue weighted by Gasteiger charge is -1.98. The van der Waals surface area contributed by atoms with Gasteiger partial charge in [-0.2, -0.15) is 0 Å². The van der Waals surface area contributed by atoms with E-state index in [1.807, 2.05) is 0 Å². The highest BCUT2D eigenvalue weighted by Gasteiger charge is 2.05. The van der Waals surface area contributed by atoms with E-state index in [1.54, 1.807) is 6.07 Å². The van der Waals surface area contributed by atoms with E-state index in [2.05, 4.69) is 9.97 Å². The van der Waals surface area contributed by atoms with E-state index in [4.69, 9.17) is 9.84 Å². The Bertz CT molecular complexity index is 288. The van der Waals surface area contributed by atoms with Gasteiger partial charge in [-0.1, -0.05) is 0 Å². The molecule has 1 aromatic heterocycles. The van der Waals surface area contributed by atoms with E-state index < -0.39 is 5.97 Å². The number of aromatic nitrogens is 2. The largest absolute Gasteiger partial charge is 0.475 e. The van der Waals surface area contributed by atoms with Crippen LogP contribution in [0.4, 0.5) is 0 Å². The Labute approximate surface area is 69.0 Å². The molecule has 0 saturated heterocycles. The Kier molecular flexibility index (Phi) is 2.71. The maximum absolute atomic E-state index is 10.4. The molecule has 0 atom stereocenters. The van der Waals surface area contributed by atoms with Gasteiger partial charge in [0.15, 0.2) is 0 Å². The molecule has 0 fully saturated rings. The normalized spacial score (nSPS) is 9.75. The third-order valence-corrected chi connectivity index (χ3v) is 1.20. The SMILES string of the molecule is COCc1ccnc(C(=O)O)n1. The van der Waals surface area contributed by atoms with E-state index in [-0.39, 0.29) is 5.82 Å². The minimum Gasteiger partial charge on any atom is -0.475 e. The van der Waals surface area contributed by atoms with Crippen molar-refractivity contribution in [3.63, 3.8) is 0 Å². The van der Waals surface area contributed by atoms with Gasteiger partial charge < -0.3 is 9.84 Å². The molecule has 1 heterocycles. The van der Waals surface area contributed by atoms with E-state index >= 15 is 0 Å². The van der Waals surface area contributed by atoms with Crippen molar-refractivity contribution < 1.29 is 14.6 Å². The van der Waals surface area contributed by atoms with Gasteiger partial charge in [-0.25, -0.2) is 14.8 Å². The number of aromatic carboxylic acids is 1. The first-order valence-electron chi connectivity index (χ1n) is 3.28. The van der Waals surface area contributed by atoms with Gasteiger partial charge in [-0.05, 0) is 6.07 Å². The molecule has 5 nitrogen and oxygen atoms in total. The summed E-state index contributed by atoms with van der Waals surface area (Å²) in [6, 6.07) is 1.61. The minimum atomic E-state index is -1.13. The summed E-state index contributed by atoms with van der Waals surface area (Å²) in [5.74, 6) is -1.34. The third kappa shape index (κ3) is 2.00. The number of ether oxygens (including phenoxy) is 1. The number of hydrogen-bond donors (Lipinski definition) is 1. The third-order valence-electron chi connectivity index (χ3n) is 1.20. The Morgan fingerprint density at radius 2 is 2.50 bits per heavy atom. The highest BCUT2D eigenvalue weighted by atomic mass is 16.5. The molecule has 1 aromatic rings. The molecule has 0 unspecified atom stereocenters. The number of carbonyl (C=O) groups is 1. The quantitative estimate of drug-likeness (QED) is 0.703. The highest BCUT2D eigenvalue weighted by molar-refractivity contribution is 5.82. The van der Waals surface area contributed by atoms with Crippen LogP contribution in [0, 0.1) is 0 Å². The lowest BCUT2D eigenvalue weighted by molar-refractivity contribution is 0.0682. The van der Waals surface area contributed by atoms with Crippen LogP contribution >= 0.6 is 0 Å². The Morgan fingerprint density at radius 3 is 3.08 bits per heavy atom. The van der Waals surface area contributed by atoms with Crippen LogP contribution in [0.5, 0.6) is 0 Å². The topological polar surface area (TPSA) is 72.3 Å². The predicted octanol–water partition coefficient (Wildman–Crippen LogP) is 0.321. The van der Waals surface area contributed by atoms with E-state index in [1.165, 1.54) is 13.3 Å². The first-order chi connectivity index (χ1) is 5.74. The average Bonchev–Trinajstić information content (AvgIpc) is 2.05. The van der Waals surface area contributed by atoms with E-state index in [0.29, 0.717) is 12.3 Å². The molecule has 0 amide bonds. The molecule has 0 radical (unpaired) electrons. The molecule has 0 aliphatic rings. The van der Waals surface area contributed by atoms with Gasteiger partial charge in [0, 0.05) is 13.3 Å². The van der Waals surface area contributed by atoms with Crippen molar-refractivity contribution in [3.8, 4) is 0 Å². The van der Waals surface area contributed by atoms with Crippen molar-refractivity contribution in [3.05, 3.63) is 23.8 Å². The van der Waals surface area contributed by atoms with Crippen molar-refractivity contribution in [2.75, 3.05) is 7.11 Å². The van der Waals surface area contributed by atoms with Gasteiger partial charge >= 0.3 is 5.97 Å². The Balaban J connectivity index is 2.88. The maximum atomic E-state index is 10.4. The molecule has 0 bridgehead atoms. The smallest absolute Gasteiger partial charge is 0.373 e. The lowest BCUT2D eigenvalue weighted by atomic mass is 10.4. The van der Waals surface area contributed by atoms with E-state index in [0.717, 1.165) is 0 Å². The fourth-order valence-electron chi connectivity index (χ4n) is 0.727. The summed E-state index contributed by atoms with van der Waals surface area (Å²) in [4.78, 5) is 17.7. The monoisotopic (exact) mass is 168 g/mol. The van der Waals surface area contributed by atoms with Crippen LogP contribution in [0.2, 0.25) is 0 Å². The summed E-state index contributed by atoms with van der Waals surface area (Å²) < 4.78 is 4.78. The zero-order valence-electron chi connectivity index (χ0n) is 6.52. The summed E-state index contributed by atoms with van der Waals surface area (Å²) in [6.07, 6.45) is 1.39.